The number of carbonyl (C=O) groups is 1. The Hall–Kier alpha value is -1.90. The van der Waals surface area contributed by atoms with Gasteiger partial charge in [-0.25, -0.2) is 4.68 Å². The van der Waals surface area contributed by atoms with E-state index in [9.17, 15) is 4.79 Å². The van der Waals surface area contributed by atoms with Crippen LogP contribution in [0.3, 0.4) is 0 Å². The summed E-state index contributed by atoms with van der Waals surface area (Å²) in [6.45, 7) is 4.07. The van der Waals surface area contributed by atoms with Crippen LogP contribution in [0.2, 0.25) is 0 Å². The predicted molar refractivity (Wildman–Crippen MR) is 65.5 cm³/mol. The Morgan fingerprint density at radius 2 is 2.06 bits per heavy atom. The SMILES string of the molecule is Cc1ccc2c(c1)-n1ncc(C)c1CC(=O)C2. The molecule has 2 heterocycles. The quantitative estimate of drug-likeness (QED) is 0.690. The smallest absolute Gasteiger partial charge is 0.143 e. The van der Waals surface area contributed by atoms with E-state index in [4.69, 9.17) is 0 Å². The Morgan fingerprint density at radius 1 is 1.24 bits per heavy atom. The third-order valence-electron chi connectivity index (χ3n) is 3.30. The summed E-state index contributed by atoms with van der Waals surface area (Å²) in [5.41, 5.74) is 5.44. The van der Waals surface area contributed by atoms with Crippen LogP contribution in [0.25, 0.3) is 5.69 Å². The van der Waals surface area contributed by atoms with Crippen molar-refractivity contribution < 1.29 is 4.79 Å². The largest absolute Gasteiger partial charge is 0.299 e. The molecule has 0 saturated carbocycles. The maximum Gasteiger partial charge on any atom is 0.143 e. The van der Waals surface area contributed by atoms with Crippen LogP contribution in [0.15, 0.2) is 24.4 Å². The first-order chi connectivity index (χ1) is 8.15. The van der Waals surface area contributed by atoms with Gasteiger partial charge in [-0.05, 0) is 36.6 Å². The zero-order valence-electron chi connectivity index (χ0n) is 10.0. The zero-order valence-corrected chi connectivity index (χ0v) is 10.0. The Morgan fingerprint density at radius 3 is 2.88 bits per heavy atom. The summed E-state index contributed by atoms with van der Waals surface area (Å²) in [5, 5.41) is 4.40. The number of carbonyl (C=O) groups excluding carboxylic acids is 1. The van der Waals surface area contributed by atoms with E-state index in [1.165, 1.54) is 5.56 Å². The van der Waals surface area contributed by atoms with Gasteiger partial charge in [-0.15, -0.1) is 0 Å². The fourth-order valence-corrected chi connectivity index (χ4v) is 2.36. The first-order valence-electron chi connectivity index (χ1n) is 5.80. The summed E-state index contributed by atoms with van der Waals surface area (Å²) in [6.07, 6.45) is 2.83. The molecule has 0 fully saturated rings. The second-order valence-electron chi connectivity index (χ2n) is 4.71. The van der Waals surface area contributed by atoms with Crippen molar-refractivity contribution >= 4 is 5.78 Å². The van der Waals surface area contributed by atoms with Gasteiger partial charge in [0.1, 0.15) is 5.78 Å². The highest BCUT2D eigenvalue weighted by molar-refractivity contribution is 5.85. The van der Waals surface area contributed by atoms with Gasteiger partial charge in [0.15, 0.2) is 0 Å². The summed E-state index contributed by atoms with van der Waals surface area (Å²) in [7, 11) is 0. The van der Waals surface area contributed by atoms with E-state index in [0.717, 1.165) is 22.5 Å². The summed E-state index contributed by atoms with van der Waals surface area (Å²) in [5.74, 6) is 0.262. The lowest BCUT2D eigenvalue weighted by atomic mass is 10.0. The number of fused-ring (bicyclic) bond motifs is 3. The van der Waals surface area contributed by atoms with Gasteiger partial charge < -0.3 is 0 Å². The van der Waals surface area contributed by atoms with Crippen LogP contribution in [0.4, 0.5) is 0 Å². The average molecular weight is 226 g/mol. The second-order valence-corrected chi connectivity index (χ2v) is 4.71. The van der Waals surface area contributed by atoms with Crippen molar-refractivity contribution in [1.29, 1.82) is 0 Å². The predicted octanol–water partition coefficient (Wildman–Crippen LogP) is 2.16. The van der Waals surface area contributed by atoms with Gasteiger partial charge >= 0.3 is 0 Å². The number of nitrogens with zero attached hydrogens (tertiary/aromatic N) is 2. The van der Waals surface area contributed by atoms with E-state index in [-0.39, 0.29) is 5.78 Å². The standard InChI is InChI=1S/C14H14N2O/c1-9-3-4-11-6-12(17)7-13-10(2)8-15-16(13)14(11)5-9/h3-5,8H,6-7H2,1-2H3. The van der Waals surface area contributed by atoms with Crippen molar-refractivity contribution in [2.24, 2.45) is 0 Å². The fourth-order valence-electron chi connectivity index (χ4n) is 2.36. The molecule has 1 aromatic carbocycles. The molecule has 86 valence electrons. The molecule has 0 saturated heterocycles. The van der Waals surface area contributed by atoms with E-state index < -0.39 is 0 Å². The maximum absolute atomic E-state index is 11.9. The monoisotopic (exact) mass is 226 g/mol. The molecule has 0 spiro atoms. The molecule has 0 amide bonds. The molecule has 1 aliphatic rings. The van der Waals surface area contributed by atoms with Crippen LogP contribution in [0, 0.1) is 13.8 Å². The highest BCUT2D eigenvalue weighted by atomic mass is 16.1. The Labute approximate surface area is 100 Å². The number of rotatable bonds is 0. The van der Waals surface area contributed by atoms with Crippen molar-refractivity contribution in [2.75, 3.05) is 0 Å². The number of hydrogen-bond donors (Lipinski definition) is 0. The van der Waals surface area contributed by atoms with E-state index in [2.05, 4.69) is 18.1 Å². The molecular weight excluding hydrogens is 212 g/mol. The highest BCUT2D eigenvalue weighted by Crippen LogP contribution is 2.24. The van der Waals surface area contributed by atoms with Crippen molar-refractivity contribution in [3.63, 3.8) is 0 Å². The van der Waals surface area contributed by atoms with Crippen LogP contribution in [-0.4, -0.2) is 15.6 Å². The number of hydrogen-bond acceptors (Lipinski definition) is 2. The second kappa shape index (κ2) is 3.55. The van der Waals surface area contributed by atoms with Gasteiger partial charge in [0.05, 0.1) is 17.6 Å². The third kappa shape index (κ3) is 1.58. The molecule has 2 aromatic rings. The van der Waals surface area contributed by atoms with Gasteiger partial charge in [-0.2, -0.15) is 5.10 Å². The van der Waals surface area contributed by atoms with E-state index in [1.54, 1.807) is 0 Å². The molecule has 0 aliphatic carbocycles. The van der Waals surface area contributed by atoms with Crippen LogP contribution in [0.5, 0.6) is 0 Å². The topological polar surface area (TPSA) is 34.9 Å². The first-order valence-corrected chi connectivity index (χ1v) is 5.80. The summed E-state index contributed by atoms with van der Waals surface area (Å²) >= 11 is 0. The third-order valence-corrected chi connectivity index (χ3v) is 3.30. The molecule has 3 nitrogen and oxygen atoms in total. The highest BCUT2D eigenvalue weighted by Gasteiger charge is 2.21. The molecule has 3 rings (SSSR count). The Kier molecular flexibility index (Phi) is 2.15. The number of aromatic nitrogens is 2. The minimum absolute atomic E-state index is 0.262. The first kappa shape index (κ1) is 10.3. The van der Waals surface area contributed by atoms with Gasteiger partial charge in [0.25, 0.3) is 0 Å². The lowest BCUT2D eigenvalue weighted by Gasteiger charge is -2.08. The van der Waals surface area contributed by atoms with Gasteiger partial charge in [-0.1, -0.05) is 12.1 Å². The molecule has 17 heavy (non-hydrogen) atoms. The van der Waals surface area contributed by atoms with Crippen LogP contribution in [-0.2, 0) is 17.6 Å². The molecule has 1 aliphatic heterocycles. The van der Waals surface area contributed by atoms with Crippen LogP contribution in [0.1, 0.15) is 22.4 Å². The van der Waals surface area contributed by atoms with Gasteiger partial charge in [-0.3, -0.25) is 4.79 Å². The van der Waals surface area contributed by atoms with Gasteiger partial charge in [0, 0.05) is 12.8 Å². The Bertz CT molecular complexity index is 611. The molecule has 0 unspecified atom stereocenters. The van der Waals surface area contributed by atoms with Crippen molar-refractivity contribution in [3.05, 3.63) is 46.8 Å². The number of Topliss-reactive ketones (excluding diaryl/α,β-unsaturated/α-hetero) is 1. The number of aryl methyl sites for hydroxylation is 2. The van der Waals surface area contributed by atoms with Crippen LogP contribution < -0.4 is 0 Å². The molecular formula is C14H14N2O. The normalized spacial score (nSPS) is 14.1. The number of ketones is 1. The minimum atomic E-state index is 0.262. The molecule has 0 radical (unpaired) electrons. The molecule has 0 bridgehead atoms. The maximum atomic E-state index is 11.9. The molecule has 1 aromatic heterocycles. The van der Waals surface area contributed by atoms with Crippen LogP contribution >= 0.6 is 0 Å². The summed E-state index contributed by atoms with van der Waals surface area (Å²) in [4.78, 5) is 11.9. The minimum Gasteiger partial charge on any atom is -0.299 e. The number of benzene rings is 1. The molecule has 3 heteroatoms. The fraction of sp³-hybridized carbons (Fsp3) is 0.286. The van der Waals surface area contributed by atoms with E-state index in [0.29, 0.717) is 12.8 Å². The van der Waals surface area contributed by atoms with Gasteiger partial charge in [0.2, 0.25) is 0 Å². The zero-order chi connectivity index (χ0) is 12.0. The summed E-state index contributed by atoms with van der Waals surface area (Å²) < 4.78 is 1.92. The average Bonchev–Trinajstić information content (AvgIpc) is 2.56. The van der Waals surface area contributed by atoms with E-state index in [1.807, 2.05) is 29.9 Å². The van der Waals surface area contributed by atoms with E-state index >= 15 is 0 Å². The lowest BCUT2D eigenvalue weighted by molar-refractivity contribution is -0.117. The summed E-state index contributed by atoms with van der Waals surface area (Å²) in [6, 6.07) is 6.19. The van der Waals surface area contributed by atoms with Crippen molar-refractivity contribution in [3.8, 4) is 5.69 Å². The molecule has 0 N–H and O–H groups in total. The molecule has 0 atom stereocenters. The van der Waals surface area contributed by atoms with Crippen molar-refractivity contribution in [1.82, 2.24) is 9.78 Å². The lowest BCUT2D eigenvalue weighted by Crippen LogP contribution is -2.05. The Balaban J connectivity index is 2.31. The van der Waals surface area contributed by atoms with Crippen molar-refractivity contribution in [2.45, 2.75) is 26.7 Å².